The van der Waals surface area contributed by atoms with Crippen molar-refractivity contribution in [1.29, 1.82) is 0 Å². The van der Waals surface area contributed by atoms with Crippen molar-refractivity contribution in [3.63, 3.8) is 0 Å². The summed E-state index contributed by atoms with van der Waals surface area (Å²) in [5.41, 5.74) is 0. The van der Waals surface area contributed by atoms with Crippen molar-refractivity contribution in [3.05, 3.63) is 0 Å². The van der Waals surface area contributed by atoms with Crippen LogP contribution in [-0.2, 0) is 28.6 Å². The van der Waals surface area contributed by atoms with E-state index in [0.29, 0.717) is 19.3 Å². The molecule has 0 unspecified atom stereocenters. The predicted molar refractivity (Wildman–Crippen MR) is 303 cm³/mol. The van der Waals surface area contributed by atoms with Gasteiger partial charge in [0, 0.05) is 19.3 Å². The Labute approximate surface area is 438 Å². The minimum atomic E-state index is -0.762. The van der Waals surface area contributed by atoms with Gasteiger partial charge >= 0.3 is 17.9 Å². The fourth-order valence-electron chi connectivity index (χ4n) is 9.99. The topological polar surface area (TPSA) is 78.9 Å². The summed E-state index contributed by atoms with van der Waals surface area (Å²) in [6.07, 6.45) is 65.3. The second-order valence-corrected chi connectivity index (χ2v) is 22.5. The van der Waals surface area contributed by atoms with E-state index in [2.05, 4.69) is 27.7 Å². The lowest BCUT2D eigenvalue weighted by Crippen LogP contribution is -2.30. The van der Waals surface area contributed by atoms with E-state index in [9.17, 15) is 14.4 Å². The molecule has 0 rings (SSSR count). The van der Waals surface area contributed by atoms with E-state index in [0.717, 1.165) is 63.7 Å². The second kappa shape index (κ2) is 58.3. The zero-order valence-electron chi connectivity index (χ0n) is 48.0. The zero-order valence-corrected chi connectivity index (χ0v) is 48.0. The Bertz CT molecular complexity index is 1060. The maximum atomic E-state index is 12.9. The van der Waals surface area contributed by atoms with E-state index in [1.807, 2.05) is 0 Å². The third-order valence-corrected chi connectivity index (χ3v) is 14.8. The van der Waals surface area contributed by atoms with Crippen LogP contribution in [0.3, 0.4) is 0 Å². The summed E-state index contributed by atoms with van der Waals surface area (Å²) >= 11 is 0. The summed E-state index contributed by atoms with van der Waals surface area (Å²) in [7, 11) is 0. The molecule has 0 aromatic carbocycles. The number of hydrogen-bond donors (Lipinski definition) is 0. The predicted octanol–water partition coefficient (Wildman–Crippen LogP) is 21.4. The molecule has 0 heterocycles. The Hall–Kier alpha value is -1.59. The summed E-state index contributed by atoms with van der Waals surface area (Å²) < 4.78 is 16.9. The van der Waals surface area contributed by atoms with Crippen LogP contribution in [0.25, 0.3) is 0 Å². The molecule has 0 saturated heterocycles. The molecular weight excluding hydrogens is 865 g/mol. The Morgan fingerprint density at radius 3 is 0.700 bits per heavy atom. The second-order valence-electron chi connectivity index (χ2n) is 22.5. The molecule has 0 radical (unpaired) electrons. The standard InChI is InChI=1S/C64H124O6/c1-5-7-9-11-13-15-17-19-20-21-25-28-32-35-39-43-47-51-55-62(65)68-58-61(70-64(67)57-53-49-45-41-37-30-18-16-14-12-10-8-6-2)59-69-63(66)56-52-48-44-40-36-33-29-26-23-22-24-27-31-34-38-42-46-50-54-60(3)4/h60-61H,5-59H2,1-4H3/t61-/m0/s1. The van der Waals surface area contributed by atoms with E-state index in [-0.39, 0.29) is 31.1 Å². The maximum absolute atomic E-state index is 12.9. The molecule has 0 aromatic heterocycles. The average molecular weight is 990 g/mol. The molecule has 0 amide bonds. The molecule has 6 nitrogen and oxygen atoms in total. The van der Waals surface area contributed by atoms with Gasteiger partial charge in [0.25, 0.3) is 0 Å². The highest BCUT2D eigenvalue weighted by atomic mass is 16.6. The monoisotopic (exact) mass is 989 g/mol. The highest BCUT2D eigenvalue weighted by molar-refractivity contribution is 5.71. The first-order valence-corrected chi connectivity index (χ1v) is 31.9. The van der Waals surface area contributed by atoms with Crippen molar-refractivity contribution < 1.29 is 28.6 Å². The number of hydrogen-bond acceptors (Lipinski definition) is 6. The molecule has 0 saturated carbocycles. The van der Waals surface area contributed by atoms with Crippen molar-refractivity contribution in [2.24, 2.45) is 5.92 Å². The van der Waals surface area contributed by atoms with Crippen LogP contribution in [0, 0.1) is 5.92 Å². The van der Waals surface area contributed by atoms with Crippen LogP contribution < -0.4 is 0 Å². The maximum Gasteiger partial charge on any atom is 0.306 e. The Balaban J connectivity index is 4.23. The highest BCUT2D eigenvalue weighted by Gasteiger charge is 2.19. The normalized spacial score (nSPS) is 12.0. The Morgan fingerprint density at radius 1 is 0.271 bits per heavy atom. The number of unbranched alkanes of at least 4 members (excludes halogenated alkanes) is 46. The first-order valence-electron chi connectivity index (χ1n) is 31.9. The molecule has 0 N–H and O–H groups in total. The van der Waals surface area contributed by atoms with E-state index >= 15 is 0 Å². The lowest BCUT2D eigenvalue weighted by molar-refractivity contribution is -0.167. The molecule has 0 aliphatic heterocycles. The third kappa shape index (κ3) is 57.3. The van der Waals surface area contributed by atoms with E-state index in [1.165, 1.54) is 263 Å². The number of ether oxygens (including phenoxy) is 3. The summed E-state index contributed by atoms with van der Waals surface area (Å²) in [4.78, 5) is 38.3. The van der Waals surface area contributed by atoms with Crippen LogP contribution >= 0.6 is 0 Å². The molecular formula is C64H124O6. The fraction of sp³-hybridized carbons (Fsp3) is 0.953. The quantitative estimate of drug-likeness (QED) is 0.0343. The van der Waals surface area contributed by atoms with Crippen LogP contribution in [-0.4, -0.2) is 37.2 Å². The number of carbonyl (C=O) groups is 3. The van der Waals surface area contributed by atoms with Crippen LogP contribution in [0.15, 0.2) is 0 Å². The van der Waals surface area contributed by atoms with Crippen LogP contribution in [0.5, 0.6) is 0 Å². The van der Waals surface area contributed by atoms with Crippen molar-refractivity contribution in [2.45, 2.75) is 374 Å². The smallest absolute Gasteiger partial charge is 0.306 e. The Kier molecular flexibility index (Phi) is 57.0. The van der Waals surface area contributed by atoms with Gasteiger partial charge in [0.1, 0.15) is 13.2 Å². The molecule has 70 heavy (non-hydrogen) atoms. The van der Waals surface area contributed by atoms with Gasteiger partial charge in [-0.05, 0) is 25.2 Å². The van der Waals surface area contributed by atoms with Crippen LogP contribution in [0.2, 0.25) is 0 Å². The van der Waals surface area contributed by atoms with Crippen molar-refractivity contribution >= 4 is 17.9 Å². The molecule has 0 aliphatic rings. The minimum Gasteiger partial charge on any atom is -0.462 e. The number of rotatable bonds is 59. The molecule has 0 aromatic rings. The number of carbonyl (C=O) groups excluding carboxylic acids is 3. The van der Waals surface area contributed by atoms with Crippen molar-refractivity contribution in [1.82, 2.24) is 0 Å². The third-order valence-electron chi connectivity index (χ3n) is 14.8. The molecule has 0 spiro atoms. The van der Waals surface area contributed by atoms with Gasteiger partial charge in [-0.25, -0.2) is 0 Å². The van der Waals surface area contributed by atoms with Gasteiger partial charge in [0.2, 0.25) is 0 Å². The largest absolute Gasteiger partial charge is 0.462 e. The van der Waals surface area contributed by atoms with Crippen LogP contribution in [0.1, 0.15) is 368 Å². The van der Waals surface area contributed by atoms with E-state index in [1.54, 1.807) is 0 Å². The average Bonchev–Trinajstić information content (AvgIpc) is 3.35. The van der Waals surface area contributed by atoms with Gasteiger partial charge in [0.05, 0.1) is 0 Å². The van der Waals surface area contributed by atoms with Crippen LogP contribution in [0.4, 0.5) is 0 Å². The first kappa shape index (κ1) is 68.4. The Morgan fingerprint density at radius 2 is 0.471 bits per heavy atom. The van der Waals surface area contributed by atoms with Gasteiger partial charge in [-0.1, -0.05) is 329 Å². The molecule has 0 bridgehead atoms. The van der Waals surface area contributed by atoms with Gasteiger partial charge < -0.3 is 14.2 Å². The van der Waals surface area contributed by atoms with Gasteiger partial charge in [0.15, 0.2) is 6.10 Å². The minimum absolute atomic E-state index is 0.0611. The highest BCUT2D eigenvalue weighted by Crippen LogP contribution is 2.19. The lowest BCUT2D eigenvalue weighted by atomic mass is 10.0. The molecule has 416 valence electrons. The van der Waals surface area contributed by atoms with Crippen molar-refractivity contribution in [2.75, 3.05) is 13.2 Å². The first-order chi connectivity index (χ1) is 34.4. The summed E-state index contributed by atoms with van der Waals surface area (Å²) in [6, 6.07) is 0. The van der Waals surface area contributed by atoms with Gasteiger partial charge in [-0.2, -0.15) is 0 Å². The number of esters is 3. The van der Waals surface area contributed by atoms with Crippen molar-refractivity contribution in [3.8, 4) is 0 Å². The molecule has 0 fully saturated rings. The molecule has 6 heteroatoms. The molecule has 1 atom stereocenters. The summed E-state index contributed by atoms with van der Waals surface area (Å²) in [5, 5.41) is 0. The van der Waals surface area contributed by atoms with E-state index < -0.39 is 6.10 Å². The fourth-order valence-corrected chi connectivity index (χ4v) is 9.99. The summed E-state index contributed by atoms with van der Waals surface area (Å²) in [5.74, 6) is 0.0311. The lowest BCUT2D eigenvalue weighted by Gasteiger charge is -2.18. The SMILES string of the molecule is CCCCCCCCCCCCCCCCCCCCC(=O)OC[C@@H](COC(=O)CCCCCCCCCCCCCCCCCCCCC(C)C)OC(=O)CCCCCCCCCCCCCCC. The zero-order chi connectivity index (χ0) is 50.9. The van der Waals surface area contributed by atoms with Gasteiger partial charge in [-0.15, -0.1) is 0 Å². The molecule has 0 aliphatic carbocycles. The van der Waals surface area contributed by atoms with Gasteiger partial charge in [-0.3, -0.25) is 14.4 Å². The summed E-state index contributed by atoms with van der Waals surface area (Å²) in [6.45, 7) is 9.10. The van der Waals surface area contributed by atoms with E-state index in [4.69, 9.17) is 14.2 Å².